The monoisotopic (exact) mass is 428 g/mol. The number of oxime groups is 1. The molecule has 0 aliphatic heterocycles. The Kier molecular flexibility index (Phi) is 8.80. The van der Waals surface area contributed by atoms with Gasteiger partial charge in [-0.15, -0.1) is 0 Å². The Morgan fingerprint density at radius 2 is 1.97 bits per heavy atom. The van der Waals surface area contributed by atoms with E-state index >= 15 is 0 Å². The number of anilines is 1. The van der Waals surface area contributed by atoms with Crippen molar-refractivity contribution >= 4 is 29.4 Å². The van der Waals surface area contributed by atoms with Crippen LogP contribution in [0.3, 0.4) is 0 Å². The molecule has 0 N–H and O–H groups in total. The second-order valence-corrected chi connectivity index (χ2v) is 7.29. The molecule has 0 saturated heterocycles. The van der Waals surface area contributed by atoms with E-state index in [2.05, 4.69) is 11.7 Å². The molecule has 0 aromatic heterocycles. The SMILES string of the molecule is C=CCO/N=C(\C)c1cc(C)c(OCc2ccccc2N(SC)C(=O)OC)cc1C. The van der Waals surface area contributed by atoms with E-state index in [0.717, 1.165) is 39.4 Å². The van der Waals surface area contributed by atoms with Crippen molar-refractivity contribution < 1.29 is 19.1 Å². The largest absolute Gasteiger partial charge is 0.489 e. The molecule has 7 heteroatoms. The van der Waals surface area contributed by atoms with Crippen molar-refractivity contribution in [3.05, 3.63) is 71.3 Å². The minimum atomic E-state index is -0.431. The van der Waals surface area contributed by atoms with Gasteiger partial charge in [0.25, 0.3) is 0 Å². The van der Waals surface area contributed by atoms with Crippen molar-refractivity contribution in [3.63, 3.8) is 0 Å². The van der Waals surface area contributed by atoms with Gasteiger partial charge in [-0.3, -0.25) is 0 Å². The summed E-state index contributed by atoms with van der Waals surface area (Å²) in [6.07, 6.45) is 3.05. The maximum Gasteiger partial charge on any atom is 0.424 e. The Morgan fingerprint density at radius 3 is 2.63 bits per heavy atom. The van der Waals surface area contributed by atoms with Crippen LogP contribution in [0.1, 0.15) is 29.2 Å². The number of carbonyl (C=O) groups is 1. The number of rotatable bonds is 9. The first-order chi connectivity index (χ1) is 14.4. The van der Waals surface area contributed by atoms with Gasteiger partial charge < -0.3 is 14.3 Å². The molecule has 0 aliphatic carbocycles. The quantitative estimate of drug-likeness (QED) is 0.170. The van der Waals surface area contributed by atoms with Gasteiger partial charge in [-0.25, -0.2) is 9.10 Å². The molecule has 2 aromatic rings. The molecule has 0 spiro atoms. The number of amides is 1. The Bertz CT molecular complexity index is 927. The van der Waals surface area contributed by atoms with Crippen LogP contribution in [-0.4, -0.2) is 31.8 Å². The van der Waals surface area contributed by atoms with Crippen LogP contribution in [-0.2, 0) is 16.2 Å². The van der Waals surface area contributed by atoms with E-state index in [4.69, 9.17) is 14.3 Å². The standard InChI is InChI=1S/C23H28N2O4S/c1-7-12-29-24-18(4)20-13-17(3)22(14-16(20)2)28-15-19-10-8-9-11-21(19)25(30-6)23(26)27-5/h7-11,13-14H,1,12,15H2,2-6H3/b24-18+. The summed E-state index contributed by atoms with van der Waals surface area (Å²) in [6.45, 7) is 10.2. The van der Waals surface area contributed by atoms with E-state index in [1.54, 1.807) is 6.08 Å². The number of nitrogens with zero attached hydrogens (tertiary/aromatic N) is 2. The topological polar surface area (TPSA) is 60.4 Å². The number of aryl methyl sites for hydroxylation is 2. The van der Waals surface area contributed by atoms with Gasteiger partial charge in [0.2, 0.25) is 0 Å². The lowest BCUT2D eigenvalue weighted by Gasteiger charge is -2.21. The molecule has 0 bridgehead atoms. The van der Waals surface area contributed by atoms with Gasteiger partial charge in [-0.1, -0.05) is 36.0 Å². The predicted octanol–water partition coefficient (Wildman–Crippen LogP) is 5.66. The lowest BCUT2D eigenvalue weighted by Crippen LogP contribution is -2.24. The summed E-state index contributed by atoms with van der Waals surface area (Å²) in [7, 11) is 1.37. The van der Waals surface area contributed by atoms with Crippen LogP contribution >= 0.6 is 11.9 Å². The Hall–Kier alpha value is -2.93. The number of hydrogen-bond acceptors (Lipinski definition) is 6. The highest BCUT2D eigenvalue weighted by Crippen LogP contribution is 2.29. The summed E-state index contributed by atoms with van der Waals surface area (Å²) in [4.78, 5) is 17.3. The number of para-hydroxylation sites is 1. The first-order valence-electron chi connectivity index (χ1n) is 9.44. The van der Waals surface area contributed by atoms with Crippen molar-refractivity contribution in [2.75, 3.05) is 24.3 Å². The number of ether oxygens (including phenoxy) is 2. The zero-order valence-corrected chi connectivity index (χ0v) is 18.9. The van der Waals surface area contributed by atoms with E-state index in [1.165, 1.54) is 23.4 Å². The van der Waals surface area contributed by atoms with E-state index in [9.17, 15) is 4.79 Å². The van der Waals surface area contributed by atoms with E-state index in [0.29, 0.717) is 13.2 Å². The van der Waals surface area contributed by atoms with Crippen LogP contribution in [0, 0.1) is 13.8 Å². The van der Waals surface area contributed by atoms with Crippen molar-refractivity contribution in [3.8, 4) is 5.75 Å². The maximum absolute atomic E-state index is 12.1. The normalized spacial score (nSPS) is 11.0. The third kappa shape index (κ3) is 5.79. The van der Waals surface area contributed by atoms with Crippen LogP contribution in [0.5, 0.6) is 5.75 Å². The second kappa shape index (κ2) is 11.3. The molecule has 30 heavy (non-hydrogen) atoms. The van der Waals surface area contributed by atoms with Gasteiger partial charge in [0.05, 0.1) is 18.5 Å². The molecule has 2 rings (SSSR count). The summed E-state index contributed by atoms with van der Waals surface area (Å²) < 4.78 is 12.5. The van der Waals surface area contributed by atoms with Crippen molar-refractivity contribution in [1.29, 1.82) is 0 Å². The van der Waals surface area contributed by atoms with Crippen LogP contribution in [0.4, 0.5) is 10.5 Å². The molecular formula is C23H28N2O4S. The molecule has 0 heterocycles. The lowest BCUT2D eigenvalue weighted by molar-refractivity contribution is 0.175. The highest BCUT2D eigenvalue weighted by atomic mass is 32.2. The summed E-state index contributed by atoms with van der Waals surface area (Å²) in [5, 5.41) is 4.13. The Labute approximate surface area is 182 Å². The van der Waals surface area contributed by atoms with Gasteiger partial charge in [0.1, 0.15) is 19.0 Å². The van der Waals surface area contributed by atoms with Crippen molar-refractivity contribution in [1.82, 2.24) is 0 Å². The van der Waals surface area contributed by atoms with Crippen molar-refractivity contribution in [2.45, 2.75) is 27.4 Å². The van der Waals surface area contributed by atoms with Crippen LogP contribution in [0.25, 0.3) is 0 Å². The minimum absolute atomic E-state index is 0.319. The third-order valence-corrected chi connectivity index (χ3v) is 5.13. The zero-order chi connectivity index (χ0) is 22.1. The number of methoxy groups -OCH3 is 1. The summed E-state index contributed by atoms with van der Waals surface area (Å²) >= 11 is 1.28. The molecule has 160 valence electrons. The average molecular weight is 429 g/mol. The number of carbonyl (C=O) groups excluding carboxylic acids is 1. The molecule has 0 fully saturated rings. The lowest BCUT2D eigenvalue weighted by atomic mass is 10.0. The molecule has 0 radical (unpaired) electrons. The van der Waals surface area contributed by atoms with Gasteiger partial charge in [-0.05, 0) is 62.0 Å². The Balaban J connectivity index is 2.23. The molecule has 2 aromatic carbocycles. The zero-order valence-electron chi connectivity index (χ0n) is 18.1. The average Bonchev–Trinajstić information content (AvgIpc) is 2.75. The highest BCUT2D eigenvalue weighted by Gasteiger charge is 2.19. The second-order valence-electron chi connectivity index (χ2n) is 6.56. The van der Waals surface area contributed by atoms with Crippen LogP contribution < -0.4 is 9.04 Å². The van der Waals surface area contributed by atoms with E-state index in [1.807, 2.05) is 63.4 Å². The van der Waals surface area contributed by atoms with Crippen LogP contribution in [0.2, 0.25) is 0 Å². The fraction of sp³-hybridized carbons (Fsp3) is 0.304. The first-order valence-corrected chi connectivity index (χ1v) is 10.6. The molecule has 0 unspecified atom stereocenters. The van der Waals surface area contributed by atoms with Gasteiger partial charge >= 0.3 is 6.09 Å². The van der Waals surface area contributed by atoms with E-state index in [-0.39, 0.29) is 0 Å². The van der Waals surface area contributed by atoms with E-state index < -0.39 is 6.09 Å². The van der Waals surface area contributed by atoms with Crippen LogP contribution in [0.15, 0.2) is 54.2 Å². The fourth-order valence-electron chi connectivity index (χ4n) is 2.91. The molecule has 0 saturated carbocycles. The summed E-state index contributed by atoms with van der Waals surface area (Å²) in [5.74, 6) is 0.777. The molecule has 6 nitrogen and oxygen atoms in total. The predicted molar refractivity (Wildman–Crippen MR) is 123 cm³/mol. The molecular weight excluding hydrogens is 400 g/mol. The number of benzene rings is 2. The van der Waals surface area contributed by atoms with Crippen molar-refractivity contribution in [2.24, 2.45) is 5.16 Å². The molecule has 1 amide bonds. The fourth-order valence-corrected chi connectivity index (χ4v) is 3.51. The highest BCUT2D eigenvalue weighted by molar-refractivity contribution is 8.00. The number of hydrogen-bond donors (Lipinski definition) is 0. The van der Waals surface area contributed by atoms with Gasteiger partial charge in [0.15, 0.2) is 0 Å². The summed E-state index contributed by atoms with van der Waals surface area (Å²) in [5.41, 5.74) is 5.44. The minimum Gasteiger partial charge on any atom is -0.489 e. The van der Waals surface area contributed by atoms with Gasteiger partial charge in [-0.2, -0.15) is 0 Å². The summed E-state index contributed by atoms with van der Waals surface area (Å²) in [6, 6.07) is 11.6. The smallest absolute Gasteiger partial charge is 0.424 e. The molecule has 0 atom stereocenters. The van der Waals surface area contributed by atoms with Gasteiger partial charge in [0, 0.05) is 17.4 Å². The Morgan fingerprint density at radius 1 is 1.23 bits per heavy atom. The molecule has 0 aliphatic rings. The maximum atomic E-state index is 12.1. The third-order valence-electron chi connectivity index (χ3n) is 4.42. The first kappa shape index (κ1) is 23.3.